The van der Waals surface area contributed by atoms with E-state index in [1.807, 2.05) is 11.0 Å². The van der Waals surface area contributed by atoms with Crippen molar-refractivity contribution in [2.45, 2.75) is 38.5 Å². The summed E-state index contributed by atoms with van der Waals surface area (Å²) in [4.78, 5) is 28.1. The van der Waals surface area contributed by atoms with Gasteiger partial charge in [-0.3, -0.25) is 9.59 Å². The minimum absolute atomic E-state index is 0.0348. The Morgan fingerprint density at radius 3 is 2.61 bits per heavy atom. The minimum atomic E-state index is -0.550. The lowest BCUT2D eigenvalue weighted by Gasteiger charge is -2.28. The molecule has 0 radical (unpaired) electrons. The number of methoxy groups -OCH3 is 1. The van der Waals surface area contributed by atoms with Gasteiger partial charge in [-0.05, 0) is 55.5 Å². The van der Waals surface area contributed by atoms with Crippen LogP contribution in [0.15, 0.2) is 24.3 Å². The highest BCUT2D eigenvalue weighted by Crippen LogP contribution is 2.28. The van der Waals surface area contributed by atoms with Crippen LogP contribution in [0.2, 0.25) is 0 Å². The van der Waals surface area contributed by atoms with Crippen molar-refractivity contribution in [2.24, 2.45) is 11.7 Å². The van der Waals surface area contributed by atoms with Gasteiger partial charge >= 0.3 is 0 Å². The molecule has 3 rings (SSSR count). The number of nitrogens with two attached hydrogens (primary N) is 1. The van der Waals surface area contributed by atoms with E-state index in [0.717, 1.165) is 44.1 Å². The molecule has 1 aromatic carbocycles. The molecule has 0 bridgehead atoms. The molecule has 1 aliphatic heterocycles. The number of benzene rings is 1. The van der Waals surface area contributed by atoms with Crippen LogP contribution in [0.25, 0.3) is 6.08 Å². The number of rotatable bonds is 8. The van der Waals surface area contributed by atoms with Gasteiger partial charge in [0, 0.05) is 32.3 Å². The van der Waals surface area contributed by atoms with E-state index in [-0.39, 0.29) is 12.5 Å². The number of nitrogens with zero attached hydrogens (tertiary/aromatic N) is 2. The van der Waals surface area contributed by atoms with Crippen molar-refractivity contribution < 1.29 is 19.1 Å². The first-order valence-electron chi connectivity index (χ1n) is 11.3. The molecule has 2 N–H and O–H groups in total. The number of ether oxygens (including phenoxy) is 2. The Balaban J connectivity index is 1.52. The summed E-state index contributed by atoms with van der Waals surface area (Å²) in [5.74, 6) is 1.25. The number of carbonyl (C=O) groups is 2. The van der Waals surface area contributed by atoms with E-state index < -0.39 is 5.91 Å². The molecule has 0 spiro atoms. The summed E-state index contributed by atoms with van der Waals surface area (Å²) in [6, 6.07) is 5.30. The monoisotopic (exact) mass is 429 g/mol. The second-order valence-corrected chi connectivity index (χ2v) is 8.48. The smallest absolute Gasteiger partial charge is 0.255 e. The van der Waals surface area contributed by atoms with E-state index in [2.05, 4.69) is 4.90 Å². The topological polar surface area (TPSA) is 85.1 Å². The summed E-state index contributed by atoms with van der Waals surface area (Å²) in [6.45, 7) is 4.58. The molecular weight excluding hydrogens is 394 g/mol. The zero-order chi connectivity index (χ0) is 22.1. The molecule has 1 saturated carbocycles. The van der Waals surface area contributed by atoms with Crippen LogP contribution in [-0.2, 0) is 9.59 Å². The van der Waals surface area contributed by atoms with Crippen molar-refractivity contribution >= 4 is 17.9 Å². The molecule has 1 saturated heterocycles. The Kier molecular flexibility index (Phi) is 8.76. The average molecular weight is 430 g/mol. The molecular formula is C24H35N3O4. The third-order valence-electron chi connectivity index (χ3n) is 6.12. The number of primary amides is 1. The van der Waals surface area contributed by atoms with Gasteiger partial charge in [0.05, 0.1) is 7.11 Å². The first-order chi connectivity index (χ1) is 15.0. The Bertz CT molecular complexity index is 774. The molecule has 0 atom stereocenters. The Morgan fingerprint density at radius 1 is 1.06 bits per heavy atom. The average Bonchev–Trinajstić information content (AvgIpc) is 3.02. The standard InChI is InChI=1S/C24H35N3O4/c1-30-22-16-19(8-10-21(22)31-18-23(25)28)9-11-24(29)27-13-5-12-26(14-15-27)17-20-6-3-2-4-7-20/h8-11,16,20H,2-7,12-15,17-18H2,1H3,(H2,25,28)/b11-9+. The summed E-state index contributed by atoms with van der Waals surface area (Å²) in [5, 5.41) is 0. The molecule has 0 unspecified atom stereocenters. The number of carbonyl (C=O) groups excluding carboxylic acids is 2. The first-order valence-corrected chi connectivity index (χ1v) is 11.3. The Hall–Kier alpha value is -2.54. The van der Waals surface area contributed by atoms with Crippen LogP contribution < -0.4 is 15.2 Å². The summed E-state index contributed by atoms with van der Waals surface area (Å²) in [7, 11) is 1.53. The Morgan fingerprint density at radius 2 is 1.87 bits per heavy atom. The first kappa shape index (κ1) is 23.1. The van der Waals surface area contributed by atoms with Gasteiger partial charge in [-0.2, -0.15) is 0 Å². The van der Waals surface area contributed by atoms with Crippen molar-refractivity contribution in [3.63, 3.8) is 0 Å². The molecule has 31 heavy (non-hydrogen) atoms. The third-order valence-corrected chi connectivity index (χ3v) is 6.12. The highest BCUT2D eigenvalue weighted by Gasteiger charge is 2.21. The molecule has 2 amide bonds. The van der Waals surface area contributed by atoms with Gasteiger partial charge in [-0.1, -0.05) is 25.3 Å². The molecule has 1 heterocycles. The maximum Gasteiger partial charge on any atom is 0.255 e. The summed E-state index contributed by atoms with van der Waals surface area (Å²) in [5.41, 5.74) is 5.94. The lowest BCUT2D eigenvalue weighted by atomic mass is 9.89. The summed E-state index contributed by atoms with van der Waals surface area (Å²) in [6.07, 6.45) is 11.3. The van der Waals surface area contributed by atoms with Gasteiger partial charge in [0.15, 0.2) is 18.1 Å². The normalized spacial score (nSPS) is 18.7. The maximum atomic E-state index is 12.7. The predicted octanol–water partition coefficient (Wildman–Crippen LogP) is 2.69. The van der Waals surface area contributed by atoms with Crippen LogP contribution in [0.5, 0.6) is 11.5 Å². The third kappa shape index (κ3) is 7.28. The molecule has 0 aromatic heterocycles. The van der Waals surface area contributed by atoms with Crippen molar-refractivity contribution in [3.05, 3.63) is 29.8 Å². The van der Waals surface area contributed by atoms with E-state index in [1.54, 1.807) is 24.3 Å². The van der Waals surface area contributed by atoms with Gasteiger partial charge < -0.3 is 25.0 Å². The van der Waals surface area contributed by atoms with E-state index in [1.165, 1.54) is 45.8 Å². The van der Waals surface area contributed by atoms with Gasteiger partial charge in [0.1, 0.15) is 0 Å². The maximum absolute atomic E-state index is 12.7. The fraction of sp³-hybridized carbons (Fsp3) is 0.583. The quantitative estimate of drug-likeness (QED) is 0.642. The summed E-state index contributed by atoms with van der Waals surface area (Å²) < 4.78 is 10.7. The van der Waals surface area contributed by atoms with Crippen molar-refractivity contribution in [1.29, 1.82) is 0 Å². The molecule has 1 aliphatic carbocycles. The second-order valence-electron chi connectivity index (χ2n) is 8.48. The number of hydrogen-bond donors (Lipinski definition) is 1. The van der Waals surface area contributed by atoms with Crippen LogP contribution in [0.1, 0.15) is 44.1 Å². The van der Waals surface area contributed by atoms with E-state index in [0.29, 0.717) is 11.5 Å². The van der Waals surface area contributed by atoms with Crippen molar-refractivity contribution in [1.82, 2.24) is 9.80 Å². The minimum Gasteiger partial charge on any atom is -0.493 e. The van der Waals surface area contributed by atoms with Crippen LogP contribution >= 0.6 is 0 Å². The van der Waals surface area contributed by atoms with E-state index in [9.17, 15) is 9.59 Å². The fourth-order valence-corrected chi connectivity index (χ4v) is 4.44. The SMILES string of the molecule is COc1cc(/C=C/C(=O)N2CCCN(CC3CCCCC3)CC2)ccc1OCC(N)=O. The van der Waals surface area contributed by atoms with Gasteiger partial charge in [-0.25, -0.2) is 0 Å². The summed E-state index contributed by atoms with van der Waals surface area (Å²) >= 11 is 0. The highest BCUT2D eigenvalue weighted by atomic mass is 16.5. The predicted molar refractivity (Wildman–Crippen MR) is 121 cm³/mol. The van der Waals surface area contributed by atoms with E-state index >= 15 is 0 Å². The molecule has 170 valence electrons. The number of amides is 2. The second kappa shape index (κ2) is 11.7. The largest absolute Gasteiger partial charge is 0.493 e. The van der Waals surface area contributed by atoms with Crippen molar-refractivity contribution in [2.75, 3.05) is 46.4 Å². The van der Waals surface area contributed by atoms with E-state index in [4.69, 9.17) is 15.2 Å². The molecule has 7 heteroatoms. The lowest BCUT2D eigenvalue weighted by Crippen LogP contribution is -2.36. The van der Waals surface area contributed by atoms with Gasteiger partial charge in [-0.15, -0.1) is 0 Å². The van der Waals surface area contributed by atoms with Crippen LogP contribution in [0.4, 0.5) is 0 Å². The van der Waals surface area contributed by atoms with Gasteiger partial charge in [0.25, 0.3) is 5.91 Å². The fourth-order valence-electron chi connectivity index (χ4n) is 4.44. The number of hydrogen-bond acceptors (Lipinski definition) is 5. The molecule has 7 nitrogen and oxygen atoms in total. The van der Waals surface area contributed by atoms with Crippen molar-refractivity contribution in [3.8, 4) is 11.5 Å². The van der Waals surface area contributed by atoms with Crippen LogP contribution in [0, 0.1) is 5.92 Å². The zero-order valence-electron chi connectivity index (χ0n) is 18.6. The van der Waals surface area contributed by atoms with Crippen LogP contribution in [-0.4, -0.2) is 68.1 Å². The lowest BCUT2D eigenvalue weighted by molar-refractivity contribution is -0.125. The molecule has 2 fully saturated rings. The Labute approximate surface area is 185 Å². The van der Waals surface area contributed by atoms with Crippen LogP contribution in [0.3, 0.4) is 0 Å². The molecule has 1 aromatic rings. The highest BCUT2D eigenvalue weighted by molar-refractivity contribution is 5.91. The molecule has 2 aliphatic rings. The zero-order valence-corrected chi connectivity index (χ0v) is 18.6. The van der Waals surface area contributed by atoms with Gasteiger partial charge in [0.2, 0.25) is 5.91 Å².